The fraction of sp³-hybridized carbons (Fsp3) is 0.545. The smallest absolute Gasteiger partial charge is 0.304 e. The molecule has 1 heterocycles. The maximum atomic E-state index is 12.7. The number of alkyl halides is 4. The van der Waals surface area contributed by atoms with Gasteiger partial charge in [-0.1, -0.05) is 35.3 Å². The zero-order valence-electron chi connectivity index (χ0n) is 9.30. The number of halogens is 4. The molecule has 0 saturated heterocycles. The molecule has 0 radical (unpaired) electrons. The average molecular weight is 312 g/mol. The zero-order chi connectivity index (χ0) is 13.1. The molecule has 2 nitrogen and oxygen atoms in total. The van der Waals surface area contributed by atoms with Gasteiger partial charge in [0.2, 0.25) is 0 Å². The van der Waals surface area contributed by atoms with Crippen LogP contribution in [0.3, 0.4) is 0 Å². The minimum atomic E-state index is -4.50. The molecule has 96 valence electrons. The third-order valence-electron chi connectivity index (χ3n) is 2.58. The topological polar surface area (TPSA) is 22.0 Å². The first kappa shape index (κ1) is 14.3. The summed E-state index contributed by atoms with van der Waals surface area (Å²) in [5, 5.41) is 0.572. The first-order chi connectivity index (χ1) is 7.90. The Hall–Kier alpha value is -0.780. The first-order valence-electron chi connectivity index (χ1n) is 5.23. The van der Waals surface area contributed by atoms with Crippen LogP contribution in [0.15, 0.2) is 23.0 Å². The van der Waals surface area contributed by atoms with Crippen molar-refractivity contribution < 1.29 is 13.2 Å². The van der Waals surface area contributed by atoms with Crippen molar-refractivity contribution in [2.75, 3.05) is 5.33 Å². The SMILES string of the molecule is CCC(CBr)Cn1c(C(F)(F)F)cccc1=O. The van der Waals surface area contributed by atoms with E-state index in [0.717, 1.165) is 22.8 Å². The van der Waals surface area contributed by atoms with Crippen LogP contribution >= 0.6 is 15.9 Å². The van der Waals surface area contributed by atoms with Gasteiger partial charge in [0.05, 0.1) is 0 Å². The lowest BCUT2D eigenvalue weighted by atomic mass is 10.1. The summed E-state index contributed by atoms with van der Waals surface area (Å²) in [5.41, 5.74) is -1.50. The highest BCUT2D eigenvalue weighted by atomic mass is 79.9. The van der Waals surface area contributed by atoms with E-state index in [9.17, 15) is 18.0 Å². The minimum absolute atomic E-state index is 0.0104. The molecule has 0 bridgehead atoms. The minimum Gasteiger partial charge on any atom is -0.304 e. The van der Waals surface area contributed by atoms with Gasteiger partial charge in [-0.2, -0.15) is 13.2 Å². The van der Waals surface area contributed by atoms with Crippen molar-refractivity contribution in [1.29, 1.82) is 0 Å². The summed E-state index contributed by atoms with van der Waals surface area (Å²) in [7, 11) is 0. The summed E-state index contributed by atoms with van der Waals surface area (Å²) in [6.45, 7) is 1.96. The Balaban J connectivity index is 3.17. The van der Waals surface area contributed by atoms with E-state index >= 15 is 0 Å². The molecule has 0 N–H and O–H groups in total. The third-order valence-corrected chi connectivity index (χ3v) is 3.49. The van der Waals surface area contributed by atoms with Crippen LogP contribution in [0, 0.1) is 5.92 Å². The van der Waals surface area contributed by atoms with Gasteiger partial charge in [-0.05, 0) is 12.0 Å². The van der Waals surface area contributed by atoms with E-state index in [4.69, 9.17) is 0 Å². The molecule has 1 aromatic rings. The molecule has 17 heavy (non-hydrogen) atoms. The van der Waals surface area contributed by atoms with Gasteiger partial charge < -0.3 is 4.57 Å². The van der Waals surface area contributed by atoms with E-state index in [0.29, 0.717) is 11.8 Å². The number of rotatable bonds is 4. The molecule has 0 amide bonds. The van der Waals surface area contributed by atoms with E-state index in [1.54, 1.807) is 0 Å². The number of hydrogen-bond donors (Lipinski definition) is 0. The van der Waals surface area contributed by atoms with Crippen LogP contribution in [0.4, 0.5) is 13.2 Å². The molecule has 0 aromatic carbocycles. The maximum absolute atomic E-state index is 12.7. The van der Waals surface area contributed by atoms with E-state index in [-0.39, 0.29) is 12.5 Å². The lowest BCUT2D eigenvalue weighted by Gasteiger charge is -2.18. The van der Waals surface area contributed by atoms with E-state index < -0.39 is 17.4 Å². The van der Waals surface area contributed by atoms with Crippen molar-refractivity contribution in [1.82, 2.24) is 4.57 Å². The van der Waals surface area contributed by atoms with Crippen LogP contribution in [0.1, 0.15) is 19.0 Å². The van der Waals surface area contributed by atoms with Gasteiger partial charge in [0.1, 0.15) is 5.69 Å². The largest absolute Gasteiger partial charge is 0.431 e. The van der Waals surface area contributed by atoms with Crippen LogP contribution in [0.25, 0.3) is 0 Å². The van der Waals surface area contributed by atoms with E-state index in [1.807, 2.05) is 6.92 Å². The second kappa shape index (κ2) is 5.71. The molecule has 1 aromatic heterocycles. The molecule has 0 fully saturated rings. The summed E-state index contributed by atoms with van der Waals surface area (Å²) < 4.78 is 38.9. The molecule has 6 heteroatoms. The highest BCUT2D eigenvalue weighted by molar-refractivity contribution is 9.09. The third kappa shape index (κ3) is 3.59. The first-order valence-corrected chi connectivity index (χ1v) is 6.35. The Morgan fingerprint density at radius 1 is 1.41 bits per heavy atom. The van der Waals surface area contributed by atoms with Gasteiger partial charge in [-0.3, -0.25) is 4.79 Å². The molecule has 1 rings (SSSR count). The van der Waals surface area contributed by atoms with Gasteiger partial charge in [0.15, 0.2) is 0 Å². The van der Waals surface area contributed by atoms with Crippen LogP contribution in [0.5, 0.6) is 0 Å². The number of hydrogen-bond acceptors (Lipinski definition) is 1. The molecule has 0 saturated carbocycles. The number of pyridine rings is 1. The standard InChI is InChI=1S/C11H13BrF3NO/c1-2-8(6-12)7-16-9(11(13,14)15)4-3-5-10(16)17/h3-5,8H,2,6-7H2,1H3. The van der Waals surface area contributed by atoms with Gasteiger partial charge >= 0.3 is 6.18 Å². The summed E-state index contributed by atoms with van der Waals surface area (Å²) >= 11 is 3.24. The predicted molar refractivity (Wildman–Crippen MR) is 63.3 cm³/mol. The molecule has 1 unspecified atom stereocenters. The summed E-state index contributed by atoms with van der Waals surface area (Å²) in [5.74, 6) is 0.0104. The maximum Gasteiger partial charge on any atom is 0.431 e. The normalized spacial score (nSPS) is 13.7. The quantitative estimate of drug-likeness (QED) is 0.782. The summed E-state index contributed by atoms with van der Waals surface area (Å²) in [6.07, 6.45) is -3.78. The molecule has 0 aliphatic rings. The van der Waals surface area contributed by atoms with Gasteiger partial charge in [-0.25, -0.2) is 0 Å². The predicted octanol–water partition coefficient (Wildman–Crippen LogP) is 3.29. The Labute approximate surface area is 106 Å². The van der Waals surface area contributed by atoms with Gasteiger partial charge in [0, 0.05) is 17.9 Å². The fourth-order valence-electron chi connectivity index (χ4n) is 1.50. The second-order valence-corrected chi connectivity index (χ2v) is 4.43. The van der Waals surface area contributed by atoms with Crippen LogP contribution in [0.2, 0.25) is 0 Å². The lowest BCUT2D eigenvalue weighted by molar-refractivity contribution is -0.144. The Bertz CT molecular complexity index is 423. The van der Waals surface area contributed by atoms with Crippen molar-refractivity contribution in [3.05, 3.63) is 34.2 Å². The van der Waals surface area contributed by atoms with Crippen LogP contribution in [-0.2, 0) is 12.7 Å². The van der Waals surface area contributed by atoms with E-state index in [1.165, 1.54) is 0 Å². The van der Waals surface area contributed by atoms with Crippen molar-refractivity contribution in [2.45, 2.75) is 26.1 Å². The van der Waals surface area contributed by atoms with Crippen LogP contribution < -0.4 is 5.56 Å². The van der Waals surface area contributed by atoms with Crippen molar-refractivity contribution in [3.63, 3.8) is 0 Å². The Kier molecular flexibility index (Phi) is 4.80. The molecular weight excluding hydrogens is 299 g/mol. The zero-order valence-corrected chi connectivity index (χ0v) is 10.9. The molecule has 1 atom stereocenters. The van der Waals surface area contributed by atoms with Gasteiger partial charge in [-0.15, -0.1) is 0 Å². The van der Waals surface area contributed by atoms with E-state index in [2.05, 4.69) is 15.9 Å². The van der Waals surface area contributed by atoms with Gasteiger partial charge in [0.25, 0.3) is 5.56 Å². The van der Waals surface area contributed by atoms with Crippen LogP contribution in [-0.4, -0.2) is 9.90 Å². The monoisotopic (exact) mass is 311 g/mol. The molecule has 0 spiro atoms. The lowest BCUT2D eigenvalue weighted by Crippen LogP contribution is -2.30. The highest BCUT2D eigenvalue weighted by Crippen LogP contribution is 2.28. The average Bonchev–Trinajstić information content (AvgIpc) is 2.26. The van der Waals surface area contributed by atoms with Crippen molar-refractivity contribution >= 4 is 15.9 Å². The second-order valence-electron chi connectivity index (χ2n) is 3.79. The fourth-order valence-corrected chi connectivity index (χ4v) is 2.16. The van der Waals surface area contributed by atoms with Crippen molar-refractivity contribution in [3.8, 4) is 0 Å². The number of nitrogens with zero attached hydrogens (tertiary/aromatic N) is 1. The van der Waals surface area contributed by atoms with Crippen molar-refractivity contribution in [2.24, 2.45) is 5.92 Å². The highest BCUT2D eigenvalue weighted by Gasteiger charge is 2.34. The molecular formula is C11H13BrF3NO. The summed E-state index contributed by atoms with van der Waals surface area (Å²) in [4.78, 5) is 11.5. The summed E-state index contributed by atoms with van der Waals surface area (Å²) in [6, 6.07) is 3.22. The number of aromatic nitrogens is 1. The Morgan fingerprint density at radius 3 is 2.53 bits per heavy atom. The molecule has 0 aliphatic carbocycles. The molecule has 0 aliphatic heterocycles. The Morgan fingerprint density at radius 2 is 2.06 bits per heavy atom.